The van der Waals surface area contributed by atoms with Crippen LogP contribution in [0.15, 0.2) is 48.5 Å². The van der Waals surface area contributed by atoms with Crippen LogP contribution in [0.1, 0.15) is 37.3 Å². The summed E-state index contributed by atoms with van der Waals surface area (Å²) in [6.45, 7) is 4.86. The Kier molecular flexibility index (Phi) is 4.35. The van der Waals surface area contributed by atoms with Crippen LogP contribution in [-0.4, -0.2) is 12.1 Å². The van der Waals surface area contributed by atoms with Gasteiger partial charge in [0.2, 0.25) is 5.91 Å². The molecule has 2 aromatic carbocycles. The van der Waals surface area contributed by atoms with Crippen molar-refractivity contribution in [2.45, 2.75) is 39.0 Å². The Hall–Kier alpha value is -2.33. The summed E-state index contributed by atoms with van der Waals surface area (Å²) in [5, 5.41) is 0. The molecular formula is C19H22N2O2. The number of hydrogen-bond donors (Lipinski definition) is 1. The third kappa shape index (κ3) is 3.37. The minimum Gasteiger partial charge on any atom is -0.473 e. The lowest BCUT2D eigenvalue weighted by Gasteiger charge is -2.22. The minimum absolute atomic E-state index is 0.0182. The van der Waals surface area contributed by atoms with Gasteiger partial charge in [0, 0.05) is 0 Å². The van der Waals surface area contributed by atoms with Gasteiger partial charge in [0.1, 0.15) is 5.75 Å². The Labute approximate surface area is 136 Å². The van der Waals surface area contributed by atoms with Crippen molar-refractivity contribution < 1.29 is 9.53 Å². The molecule has 4 nitrogen and oxygen atoms in total. The molecule has 2 N–H and O–H groups in total. The number of benzene rings is 2. The molecule has 1 unspecified atom stereocenters. The Morgan fingerprint density at radius 3 is 2.57 bits per heavy atom. The molecule has 0 fully saturated rings. The van der Waals surface area contributed by atoms with E-state index < -0.39 is 6.23 Å². The van der Waals surface area contributed by atoms with Crippen molar-refractivity contribution >= 4 is 11.6 Å². The summed E-state index contributed by atoms with van der Waals surface area (Å²) in [6, 6.07) is 15.9. The quantitative estimate of drug-likeness (QED) is 0.945. The summed E-state index contributed by atoms with van der Waals surface area (Å²) in [5.41, 5.74) is 9.04. The van der Waals surface area contributed by atoms with Crippen LogP contribution in [-0.2, 0) is 11.3 Å². The molecule has 1 atom stereocenters. The monoisotopic (exact) mass is 310 g/mol. The molecule has 4 heteroatoms. The smallest absolute Gasteiger partial charge is 0.232 e. The van der Waals surface area contributed by atoms with Gasteiger partial charge in [-0.05, 0) is 29.2 Å². The zero-order chi connectivity index (χ0) is 16.4. The van der Waals surface area contributed by atoms with Crippen LogP contribution < -0.4 is 15.4 Å². The fourth-order valence-electron chi connectivity index (χ4n) is 2.77. The number of hydrogen-bond acceptors (Lipinski definition) is 3. The van der Waals surface area contributed by atoms with Crippen LogP contribution in [0.3, 0.4) is 0 Å². The minimum atomic E-state index is -0.600. The van der Waals surface area contributed by atoms with Gasteiger partial charge >= 0.3 is 0 Å². The predicted octanol–water partition coefficient (Wildman–Crippen LogP) is 3.41. The zero-order valence-corrected chi connectivity index (χ0v) is 13.5. The standard InChI is InChI=1S/C19H22N2O2/c1-13(2)15-9-7-14(8-10-15)12-21-16-5-3-4-6-17(16)23-18(20)11-19(21)22/h3-10,13,18H,11-12,20H2,1-2H3. The van der Waals surface area contributed by atoms with E-state index in [-0.39, 0.29) is 12.3 Å². The van der Waals surface area contributed by atoms with Gasteiger partial charge < -0.3 is 9.64 Å². The zero-order valence-electron chi connectivity index (χ0n) is 13.5. The Balaban J connectivity index is 1.90. The molecule has 1 amide bonds. The number of rotatable bonds is 3. The van der Waals surface area contributed by atoms with Crippen LogP contribution >= 0.6 is 0 Å². The highest BCUT2D eigenvalue weighted by atomic mass is 16.5. The van der Waals surface area contributed by atoms with Crippen LogP contribution in [0.2, 0.25) is 0 Å². The van der Waals surface area contributed by atoms with E-state index in [1.807, 2.05) is 24.3 Å². The van der Waals surface area contributed by atoms with Crippen LogP contribution in [0.4, 0.5) is 5.69 Å². The molecule has 3 rings (SSSR count). The number of para-hydroxylation sites is 2. The van der Waals surface area contributed by atoms with E-state index >= 15 is 0 Å². The van der Waals surface area contributed by atoms with Crippen molar-refractivity contribution in [1.29, 1.82) is 0 Å². The maximum Gasteiger partial charge on any atom is 0.232 e. The normalized spacial score (nSPS) is 17.7. The topological polar surface area (TPSA) is 55.6 Å². The third-order valence-electron chi connectivity index (χ3n) is 4.10. The van der Waals surface area contributed by atoms with Crippen molar-refractivity contribution in [3.8, 4) is 5.75 Å². The van der Waals surface area contributed by atoms with Crippen LogP contribution in [0.5, 0.6) is 5.75 Å². The van der Waals surface area contributed by atoms with E-state index in [1.165, 1.54) is 5.56 Å². The van der Waals surface area contributed by atoms with Crippen molar-refractivity contribution in [3.05, 3.63) is 59.7 Å². The number of carbonyl (C=O) groups is 1. The lowest BCUT2D eigenvalue weighted by molar-refractivity contribution is -0.119. The highest BCUT2D eigenvalue weighted by molar-refractivity contribution is 5.95. The maximum absolute atomic E-state index is 12.5. The fraction of sp³-hybridized carbons (Fsp3) is 0.316. The van der Waals surface area contributed by atoms with E-state index in [4.69, 9.17) is 10.5 Å². The number of ether oxygens (including phenoxy) is 1. The van der Waals surface area contributed by atoms with Crippen molar-refractivity contribution in [1.82, 2.24) is 0 Å². The second-order valence-electron chi connectivity index (χ2n) is 6.20. The Bertz CT molecular complexity index is 695. The first kappa shape index (κ1) is 15.6. The predicted molar refractivity (Wildman–Crippen MR) is 91.4 cm³/mol. The summed E-state index contributed by atoms with van der Waals surface area (Å²) in [4.78, 5) is 14.3. The molecule has 1 aliphatic heterocycles. The third-order valence-corrected chi connectivity index (χ3v) is 4.10. The SMILES string of the molecule is CC(C)c1ccc(CN2C(=O)CC(N)Oc3ccccc32)cc1. The number of amides is 1. The largest absolute Gasteiger partial charge is 0.473 e. The van der Waals surface area contributed by atoms with Gasteiger partial charge in [-0.1, -0.05) is 50.2 Å². The second kappa shape index (κ2) is 6.42. The first-order valence-electron chi connectivity index (χ1n) is 7.95. The van der Waals surface area contributed by atoms with Gasteiger partial charge in [-0.3, -0.25) is 10.5 Å². The van der Waals surface area contributed by atoms with Crippen LogP contribution in [0, 0.1) is 0 Å². The number of nitrogens with two attached hydrogens (primary N) is 1. The van der Waals surface area contributed by atoms with Crippen LogP contribution in [0.25, 0.3) is 0 Å². The number of fused-ring (bicyclic) bond motifs is 1. The van der Waals surface area contributed by atoms with Crippen molar-refractivity contribution in [3.63, 3.8) is 0 Å². The average Bonchev–Trinajstić information content (AvgIpc) is 2.64. The van der Waals surface area contributed by atoms with E-state index in [2.05, 4.69) is 38.1 Å². The van der Waals surface area contributed by atoms with Crippen molar-refractivity contribution in [2.24, 2.45) is 5.73 Å². The maximum atomic E-state index is 12.5. The Morgan fingerprint density at radius 1 is 1.17 bits per heavy atom. The van der Waals surface area contributed by atoms with Gasteiger partial charge in [-0.15, -0.1) is 0 Å². The molecule has 0 saturated heterocycles. The van der Waals surface area contributed by atoms with E-state index in [9.17, 15) is 4.79 Å². The van der Waals surface area contributed by atoms with Gasteiger partial charge in [0.15, 0.2) is 6.23 Å². The fourth-order valence-corrected chi connectivity index (χ4v) is 2.77. The summed E-state index contributed by atoms with van der Waals surface area (Å²) < 4.78 is 5.66. The molecule has 2 aromatic rings. The summed E-state index contributed by atoms with van der Waals surface area (Å²) >= 11 is 0. The van der Waals surface area contributed by atoms with Crippen molar-refractivity contribution in [2.75, 3.05) is 4.90 Å². The van der Waals surface area contributed by atoms with E-state index in [1.54, 1.807) is 4.90 Å². The molecule has 0 aromatic heterocycles. The lowest BCUT2D eigenvalue weighted by Crippen LogP contribution is -2.34. The average molecular weight is 310 g/mol. The second-order valence-corrected chi connectivity index (χ2v) is 6.20. The van der Waals surface area contributed by atoms with E-state index in [0.717, 1.165) is 11.3 Å². The molecule has 0 radical (unpaired) electrons. The van der Waals surface area contributed by atoms with E-state index in [0.29, 0.717) is 18.2 Å². The summed E-state index contributed by atoms with van der Waals surface area (Å²) in [5.74, 6) is 1.14. The lowest BCUT2D eigenvalue weighted by atomic mass is 10.0. The molecule has 1 aliphatic rings. The molecule has 0 saturated carbocycles. The highest BCUT2D eigenvalue weighted by Gasteiger charge is 2.26. The molecule has 1 heterocycles. The van der Waals surface area contributed by atoms with Gasteiger partial charge in [-0.2, -0.15) is 0 Å². The number of nitrogens with zero attached hydrogens (tertiary/aromatic N) is 1. The first-order valence-corrected chi connectivity index (χ1v) is 7.95. The number of carbonyl (C=O) groups excluding carboxylic acids is 1. The molecule has 23 heavy (non-hydrogen) atoms. The van der Waals surface area contributed by atoms with Gasteiger partial charge in [-0.25, -0.2) is 0 Å². The molecule has 0 bridgehead atoms. The van der Waals surface area contributed by atoms with Gasteiger partial charge in [0.05, 0.1) is 18.7 Å². The summed E-state index contributed by atoms with van der Waals surface area (Å²) in [7, 11) is 0. The summed E-state index contributed by atoms with van der Waals surface area (Å²) in [6.07, 6.45) is -0.421. The Morgan fingerprint density at radius 2 is 1.87 bits per heavy atom. The molecule has 0 aliphatic carbocycles. The molecule has 0 spiro atoms. The number of anilines is 1. The molecule has 120 valence electrons. The molecular weight excluding hydrogens is 288 g/mol. The highest BCUT2D eigenvalue weighted by Crippen LogP contribution is 2.33. The van der Waals surface area contributed by atoms with Gasteiger partial charge in [0.25, 0.3) is 0 Å². The first-order chi connectivity index (χ1) is 11.0.